The van der Waals surface area contributed by atoms with E-state index in [0.717, 1.165) is 30.4 Å². The van der Waals surface area contributed by atoms with Crippen molar-refractivity contribution in [2.24, 2.45) is 0 Å². The van der Waals surface area contributed by atoms with Crippen molar-refractivity contribution in [1.29, 1.82) is 0 Å². The number of benzene rings is 2. The highest BCUT2D eigenvalue weighted by atomic mass is 35.5. The summed E-state index contributed by atoms with van der Waals surface area (Å²) in [5.41, 5.74) is 2.43. The Hall–Kier alpha value is -3.91. The lowest BCUT2D eigenvalue weighted by molar-refractivity contribution is -0.116. The molecule has 2 aromatic carbocycles. The molecule has 0 spiro atoms. The minimum absolute atomic E-state index is 0.213. The van der Waals surface area contributed by atoms with Gasteiger partial charge < -0.3 is 4.74 Å². The topological polar surface area (TPSA) is 85.9 Å². The summed E-state index contributed by atoms with van der Waals surface area (Å²) < 4.78 is 8.21. The van der Waals surface area contributed by atoms with Gasteiger partial charge in [0.15, 0.2) is 0 Å². The van der Waals surface area contributed by atoms with E-state index in [0.29, 0.717) is 34.4 Å². The van der Waals surface area contributed by atoms with E-state index in [4.69, 9.17) is 21.3 Å². The van der Waals surface area contributed by atoms with E-state index >= 15 is 0 Å². The number of amides is 1. The second kappa shape index (κ2) is 11.4. The second-order valence-corrected chi connectivity index (χ2v) is 9.23. The van der Waals surface area contributed by atoms with E-state index in [1.165, 1.54) is 24.5 Å². The maximum Gasteiger partial charge on any atom is 0.337 e. The molecule has 192 valence electrons. The number of methoxy groups -OCH3 is 1. The number of esters is 1. The van der Waals surface area contributed by atoms with E-state index in [-0.39, 0.29) is 18.0 Å². The number of unbranched alkanes of at least 4 members (excludes halogenated alkanes) is 2. The molecule has 4 aromatic rings. The maximum absolute atomic E-state index is 13.2. The van der Waals surface area contributed by atoms with Crippen LogP contribution in [0, 0.1) is 0 Å². The highest BCUT2D eigenvalue weighted by molar-refractivity contribution is 6.30. The zero-order chi connectivity index (χ0) is 26.5. The first-order chi connectivity index (χ1) is 17.8. The first-order valence-electron chi connectivity index (χ1n) is 12.2. The molecule has 0 bridgehead atoms. The molecular formula is C28H29ClN4O4. The standard InChI is InChI=1S/C28H29ClN4O4/c1-4-5-6-15-31-25(32(19(2)34)17-20-7-9-22(10-8-20)27(36)37-3)16-26(35)33-18-24(30-28(31)33)21-11-13-23(29)14-12-21/h7-14,16,18H,4-6,15,17H2,1-3H3. The smallest absolute Gasteiger partial charge is 0.337 e. The van der Waals surface area contributed by atoms with Gasteiger partial charge in [0.1, 0.15) is 5.82 Å². The van der Waals surface area contributed by atoms with Crippen molar-refractivity contribution in [2.45, 2.75) is 46.2 Å². The van der Waals surface area contributed by atoms with Crippen molar-refractivity contribution < 1.29 is 14.3 Å². The number of hydrogen-bond acceptors (Lipinski definition) is 5. The SMILES string of the molecule is CCCCCn1c(N(Cc2ccc(C(=O)OC)cc2)C(C)=O)cc(=O)n2cc(-c3ccc(Cl)cc3)nc12. The Morgan fingerprint density at radius 1 is 1.05 bits per heavy atom. The molecule has 2 aromatic heterocycles. The second-order valence-electron chi connectivity index (χ2n) is 8.80. The van der Waals surface area contributed by atoms with Crippen molar-refractivity contribution >= 4 is 35.1 Å². The van der Waals surface area contributed by atoms with Crippen molar-refractivity contribution in [3.05, 3.63) is 87.3 Å². The lowest BCUT2D eigenvalue weighted by Crippen LogP contribution is -2.33. The summed E-state index contributed by atoms with van der Waals surface area (Å²) in [7, 11) is 1.33. The minimum atomic E-state index is -0.430. The average molecular weight is 521 g/mol. The first-order valence-corrected chi connectivity index (χ1v) is 12.5. The number of nitrogens with zero attached hydrogens (tertiary/aromatic N) is 4. The van der Waals surface area contributed by atoms with Crippen molar-refractivity contribution in [2.75, 3.05) is 12.0 Å². The largest absolute Gasteiger partial charge is 0.465 e. The Labute approximate surface area is 220 Å². The normalized spacial score (nSPS) is 11.0. The van der Waals surface area contributed by atoms with Crippen LogP contribution in [0.1, 0.15) is 49.0 Å². The van der Waals surface area contributed by atoms with Gasteiger partial charge in [0.05, 0.1) is 24.9 Å². The summed E-state index contributed by atoms with van der Waals surface area (Å²) in [4.78, 5) is 44.2. The zero-order valence-corrected chi connectivity index (χ0v) is 21.9. The fraction of sp³-hybridized carbons (Fsp3) is 0.286. The molecular weight excluding hydrogens is 492 g/mol. The van der Waals surface area contributed by atoms with Crippen LogP contribution in [-0.2, 0) is 22.6 Å². The molecule has 0 saturated heterocycles. The molecule has 1 amide bonds. The van der Waals surface area contributed by atoms with Gasteiger partial charge in [-0.2, -0.15) is 0 Å². The molecule has 0 fully saturated rings. The number of aromatic nitrogens is 3. The summed E-state index contributed by atoms with van der Waals surface area (Å²) in [5, 5.41) is 0.616. The van der Waals surface area contributed by atoms with E-state index in [9.17, 15) is 14.4 Å². The minimum Gasteiger partial charge on any atom is -0.465 e. The fourth-order valence-electron chi connectivity index (χ4n) is 4.20. The van der Waals surface area contributed by atoms with Gasteiger partial charge >= 0.3 is 5.97 Å². The van der Waals surface area contributed by atoms with Crippen LogP contribution in [-0.4, -0.2) is 32.9 Å². The van der Waals surface area contributed by atoms with Crippen LogP contribution in [0.4, 0.5) is 5.82 Å². The highest BCUT2D eigenvalue weighted by Crippen LogP contribution is 2.25. The molecule has 0 aliphatic heterocycles. The third kappa shape index (κ3) is 5.75. The molecule has 2 heterocycles. The van der Waals surface area contributed by atoms with E-state index in [2.05, 4.69) is 6.92 Å². The van der Waals surface area contributed by atoms with Gasteiger partial charge in [0.25, 0.3) is 5.56 Å². The number of anilines is 1. The lowest BCUT2D eigenvalue weighted by Gasteiger charge is -2.25. The molecule has 0 aliphatic carbocycles. The predicted molar refractivity (Wildman–Crippen MR) is 144 cm³/mol. The highest BCUT2D eigenvalue weighted by Gasteiger charge is 2.21. The Morgan fingerprint density at radius 3 is 2.38 bits per heavy atom. The molecule has 0 unspecified atom stereocenters. The quantitative estimate of drug-likeness (QED) is 0.219. The van der Waals surface area contributed by atoms with Crippen LogP contribution in [0.3, 0.4) is 0 Å². The summed E-state index contributed by atoms with van der Waals surface area (Å²) in [6.45, 7) is 4.41. The Kier molecular flexibility index (Phi) is 8.08. The molecule has 0 aliphatic rings. The molecule has 0 saturated carbocycles. The summed E-state index contributed by atoms with van der Waals surface area (Å²) >= 11 is 6.04. The Morgan fingerprint density at radius 2 is 1.76 bits per heavy atom. The van der Waals surface area contributed by atoms with Gasteiger partial charge in [-0.05, 0) is 36.2 Å². The number of carbonyl (C=O) groups is 2. The van der Waals surface area contributed by atoms with Gasteiger partial charge in [0, 0.05) is 36.3 Å². The van der Waals surface area contributed by atoms with Gasteiger partial charge in [-0.1, -0.05) is 55.6 Å². The van der Waals surface area contributed by atoms with Crippen molar-refractivity contribution in [3.63, 3.8) is 0 Å². The summed E-state index contributed by atoms with van der Waals surface area (Å²) in [5.74, 6) is 0.303. The number of rotatable bonds is 9. The molecule has 9 heteroatoms. The number of carbonyl (C=O) groups excluding carboxylic acids is 2. The molecule has 4 rings (SSSR count). The van der Waals surface area contributed by atoms with E-state index in [1.807, 2.05) is 16.7 Å². The molecule has 0 radical (unpaired) electrons. The number of imidazole rings is 1. The van der Waals surface area contributed by atoms with Gasteiger partial charge in [-0.25, -0.2) is 9.78 Å². The summed E-state index contributed by atoms with van der Waals surface area (Å²) in [6, 6.07) is 15.6. The molecule has 8 nitrogen and oxygen atoms in total. The third-order valence-corrected chi connectivity index (χ3v) is 6.44. The lowest BCUT2D eigenvalue weighted by atomic mass is 10.1. The van der Waals surface area contributed by atoms with Gasteiger partial charge in [0.2, 0.25) is 11.7 Å². The van der Waals surface area contributed by atoms with Crippen molar-refractivity contribution in [3.8, 4) is 11.3 Å². The number of halogens is 1. The monoisotopic (exact) mass is 520 g/mol. The summed E-state index contributed by atoms with van der Waals surface area (Å²) in [6.07, 6.45) is 4.60. The number of fused-ring (bicyclic) bond motifs is 1. The van der Waals surface area contributed by atoms with Crippen LogP contribution in [0.2, 0.25) is 5.02 Å². The number of hydrogen-bond donors (Lipinski definition) is 0. The van der Waals surface area contributed by atoms with Crippen LogP contribution in [0.15, 0.2) is 65.6 Å². The number of aryl methyl sites for hydroxylation is 1. The predicted octanol–water partition coefficient (Wildman–Crippen LogP) is 5.35. The van der Waals surface area contributed by atoms with E-state index in [1.54, 1.807) is 47.5 Å². The third-order valence-electron chi connectivity index (χ3n) is 6.19. The first kappa shape index (κ1) is 26.2. The Bertz CT molecular complexity index is 1470. The molecule has 37 heavy (non-hydrogen) atoms. The van der Waals surface area contributed by atoms with Crippen LogP contribution < -0.4 is 10.5 Å². The van der Waals surface area contributed by atoms with Crippen LogP contribution in [0.5, 0.6) is 0 Å². The van der Waals surface area contributed by atoms with Crippen molar-refractivity contribution in [1.82, 2.24) is 14.0 Å². The fourth-order valence-corrected chi connectivity index (χ4v) is 4.33. The van der Waals surface area contributed by atoms with Crippen LogP contribution in [0.25, 0.3) is 17.0 Å². The number of ether oxygens (including phenoxy) is 1. The Balaban J connectivity index is 1.80. The average Bonchev–Trinajstić information content (AvgIpc) is 3.35. The van der Waals surface area contributed by atoms with Crippen LogP contribution >= 0.6 is 11.6 Å². The van der Waals surface area contributed by atoms with Gasteiger partial charge in [-0.3, -0.25) is 23.5 Å². The van der Waals surface area contributed by atoms with Gasteiger partial charge in [-0.15, -0.1) is 0 Å². The maximum atomic E-state index is 13.2. The zero-order valence-electron chi connectivity index (χ0n) is 21.1. The molecule has 0 atom stereocenters. The van der Waals surface area contributed by atoms with E-state index < -0.39 is 5.97 Å². The molecule has 0 N–H and O–H groups in total.